The van der Waals surface area contributed by atoms with E-state index in [0.29, 0.717) is 17.9 Å². The van der Waals surface area contributed by atoms with Crippen molar-refractivity contribution < 1.29 is 18.7 Å². The molecule has 0 radical (unpaired) electrons. The molecular weight excluding hydrogens is 297 g/mol. The zero-order chi connectivity index (χ0) is 16.8. The van der Waals surface area contributed by atoms with E-state index < -0.39 is 0 Å². The molecule has 0 aromatic heterocycles. The molecule has 23 heavy (non-hydrogen) atoms. The van der Waals surface area contributed by atoms with Crippen molar-refractivity contribution in [2.75, 3.05) is 13.7 Å². The molecule has 4 nitrogen and oxygen atoms in total. The fourth-order valence-electron chi connectivity index (χ4n) is 2.01. The lowest BCUT2D eigenvalue weighted by Crippen LogP contribution is -2.30. The number of hydrogen-bond donors (Lipinski definition) is 0. The fourth-order valence-corrected chi connectivity index (χ4v) is 2.01. The number of benzene rings is 2. The Morgan fingerprint density at radius 2 is 1.83 bits per heavy atom. The van der Waals surface area contributed by atoms with Crippen LogP contribution in [0.4, 0.5) is 4.39 Å². The number of hydrogen-bond acceptors (Lipinski definition) is 3. The number of nitrogens with zero attached hydrogens (tertiary/aromatic N) is 1. The molecule has 0 aliphatic heterocycles. The number of ether oxygens (including phenoxy) is 1. The molecule has 0 saturated carbocycles. The third-order valence-corrected chi connectivity index (χ3v) is 3.36. The first-order valence-electron chi connectivity index (χ1n) is 7.18. The van der Waals surface area contributed by atoms with Crippen LogP contribution in [0.3, 0.4) is 0 Å². The number of halogens is 1. The zero-order valence-electron chi connectivity index (χ0n) is 13.1. The lowest BCUT2D eigenvalue weighted by molar-refractivity contribution is -0.132. The maximum Gasteiger partial charge on any atom is 0.260 e. The maximum absolute atomic E-state index is 12.9. The van der Waals surface area contributed by atoms with Gasteiger partial charge < -0.3 is 9.64 Å². The van der Waals surface area contributed by atoms with E-state index in [4.69, 9.17) is 4.74 Å². The number of carbonyl (C=O) groups excluding carboxylic acids is 2. The van der Waals surface area contributed by atoms with Gasteiger partial charge in [0.1, 0.15) is 11.6 Å². The lowest BCUT2D eigenvalue weighted by Gasteiger charge is -2.17. The molecular formula is C18H18FNO3. The summed E-state index contributed by atoms with van der Waals surface area (Å²) in [5.41, 5.74) is 1.37. The van der Waals surface area contributed by atoms with Crippen molar-refractivity contribution in [3.63, 3.8) is 0 Å². The minimum Gasteiger partial charge on any atom is -0.484 e. The first-order valence-corrected chi connectivity index (χ1v) is 7.18. The Morgan fingerprint density at radius 1 is 1.13 bits per heavy atom. The predicted molar refractivity (Wildman–Crippen MR) is 84.8 cm³/mol. The Balaban J connectivity index is 1.90. The average Bonchev–Trinajstić information content (AvgIpc) is 2.55. The molecule has 0 saturated heterocycles. The van der Waals surface area contributed by atoms with Gasteiger partial charge in [-0.15, -0.1) is 0 Å². The number of ketones is 1. The van der Waals surface area contributed by atoms with Gasteiger partial charge in [0.25, 0.3) is 5.91 Å². The van der Waals surface area contributed by atoms with Crippen molar-refractivity contribution in [2.45, 2.75) is 13.5 Å². The Kier molecular flexibility index (Phi) is 5.46. The summed E-state index contributed by atoms with van der Waals surface area (Å²) >= 11 is 0. The van der Waals surface area contributed by atoms with Crippen molar-refractivity contribution in [2.24, 2.45) is 0 Å². The van der Waals surface area contributed by atoms with Gasteiger partial charge in [-0.05, 0) is 36.8 Å². The minimum absolute atomic E-state index is 0.0600. The summed E-state index contributed by atoms with van der Waals surface area (Å²) in [6, 6.07) is 12.7. The summed E-state index contributed by atoms with van der Waals surface area (Å²) in [4.78, 5) is 24.9. The van der Waals surface area contributed by atoms with Gasteiger partial charge in [-0.25, -0.2) is 4.39 Å². The van der Waals surface area contributed by atoms with E-state index >= 15 is 0 Å². The topological polar surface area (TPSA) is 46.6 Å². The Labute approximate surface area is 134 Å². The fraction of sp³-hybridized carbons (Fsp3) is 0.222. The monoisotopic (exact) mass is 315 g/mol. The van der Waals surface area contributed by atoms with Crippen LogP contribution >= 0.6 is 0 Å². The van der Waals surface area contributed by atoms with Crippen LogP contribution in [0, 0.1) is 5.82 Å². The molecule has 0 atom stereocenters. The highest BCUT2D eigenvalue weighted by atomic mass is 19.1. The lowest BCUT2D eigenvalue weighted by atomic mass is 10.1. The molecule has 0 unspecified atom stereocenters. The minimum atomic E-state index is -0.309. The highest BCUT2D eigenvalue weighted by Gasteiger charge is 2.11. The van der Waals surface area contributed by atoms with Crippen LogP contribution in [0.1, 0.15) is 22.8 Å². The Bertz CT molecular complexity index is 698. The summed E-state index contributed by atoms with van der Waals surface area (Å²) < 4.78 is 18.3. The van der Waals surface area contributed by atoms with Gasteiger partial charge in [-0.1, -0.05) is 24.3 Å². The molecule has 0 fully saturated rings. The molecule has 1 amide bonds. The van der Waals surface area contributed by atoms with E-state index in [1.54, 1.807) is 43.4 Å². The summed E-state index contributed by atoms with van der Waals surface area (Å²) in [6.45, 7) is 1.72. The van der Waals surface area contributed by atoms with Crippen molar-refractivity contribution in [3.8, 4) is 5.75 Å². The number of rotatable bonds is 6. The normalized spacial score (nSPS) is 10.2. The molecule has 0 aliphatic rings. The van der Waals surface area contributed by atoms with Gasteiger partial charge in [-0.2, -0.15) is 0 Å². The molecule has 120 valence electrons. The van der Waals surface area contributed by atoms with Crippen LogP contribution in [0.15, 0.2) is 48.5 Å². The van der Waals surface area contributed by atoms with Gasteiger partial charge in [0.2, 0.25) is 0 Å². The summed E-state index contributed by atoms with van der Waals surface area (Å²) in [5.74, 6) is -0.101. The average molecular weight is 315 g/mol. The van der Waals surface area contributed by atoms with E-state index in [1.165, 1.54) is 24.0 Å². The summed E-state index contributed by atoms with van der Waals surface area (Å²) in [5, 5.41) is 0. The van der Waals surface area contributed by atoms with E-state index in [9.17, 15) is 14.0 Å². The summed E-state index contributed by atoms with van der Waals surface area (Å²) in [7, 11) is 1.65. The largest absolute Gasteiger partial charge is 0.484 e. The molecule has 0 spiro atoms. The SMILES string of the molecule is CC(=O)c1cccc(OCC(=O)N(C)Cc2ccc(F)cc2)c1. The van der Waals surface area contributed by atoms with E-state index in [-0.39, 0.29) is 24.1 Å². The van der Waals surface area contributed by atoms with Crippen LogP contribution in [0.2, 0.25) is 0 Å². The Hall–Kier alpha value is -2.69. The first kappa shape index (κ1) is 16.7. The maximum atomic E-state index is 12.9. The third kappa shape index (κ3) is 4.92. The van der Waals surface area contributed by atoms with Gasteiger partial charge in [0, 0.05) is 19.2 Å². The highest BCUT2D eigenvalue weighted by Crippen LogP contribution is 2.14. The van der Waals surface area contributed by atoms with Crippen molar-refractivity contribution >= 4 is 11.7 Å². The Morgan fingerprint density at radius 3 is 2.48 bits per heavy atom. The molecule has 0 aliphatic carbocycles. The van der Waals surface area contributed by atoms with Crippen LogP contribution < -0.4 is 4.74 Å². The van der Waals surface area contributed by atoms with Crippen LogP contribution in [-0.2, 0) is 11.3 Å². The van der Waals surface area contributed by atoms with Crippen LogP contribution in [-0.4, -0.2) is 30.2 Å². The van der Waals surface area contributed by atoms with Gasteiger partial charge in [-0.3, -0.25) is 9.59 Å². The quantitative estimate of drug-likeness (QED) is 0.770. The second-order valence-corrected chi connectivity index (χ2v) is 5.25. The second-order valence-electron chi connectivity index (χ2n) is 5.25. The molecule has 2 rings (SSSR count). The van der Waals surface area contributed by atoms with E-state index in [0.717, 1.165) is 5.56 Å². The van der Waals surface area contributed by atoms with E-state index in [1.807, 2.05) is 0 Å². The number of Topliss-reactive ketones (excluding diaryl/α,β-unsaturated/α-hetero) is 1. The zero-order valence-corrected chi connectivity index (χ0v) is 13.1. The number of amides is 1. The highest BCUT2D eigenvalue weighted by molar-refractivity contribution is 5.94. The van der Waals surface area contributed by atoms with Gasteiger partial charge >= 0.3 is 0 Å². The standard InChI is InChI=1S/C18H18FNO3/c1-13(21)15-4-3-5-17(10-15)23-12-18(22)20(2)11-14-6-8-16(19)9-7-14/h3-10H,11-12H2,1-2H3. The molecule has 2 aromatic carbocycles. The van der Waals surface area contributed by atoms with Gasteiger partial charge in [0.15, 0.2) is 12.4 Å². The number of carbonyl (C=O) groups is 2. The van der Waals surface area contributed by atoms with Crippen molar-refractivity contribution in [3.05, 3.63) is 65.5 Å². The van der Waals surface area contributed by atoms with Crippen molar-refractivity contribution in [1.29, 1.82) is 0 Å². The van der Waals surface area contributed by atoms with Crippen molar-refractivity contribution in [1.82, 2.24) is 4.90 Å². The number of likely N-dealkylation sites (N-methyl/N-ethyl adjacent to an activating group) is 1. The molecule has 0 bridgehead atoms. The first-order chi connectivity index (χ1) is 11.0. The van der Waals surface area contributed by atoms with Crippen LogP contribution in [0.5, 0.6) is 5.75 Å². The molecule has 0 N–H and O–H groups in total. The molecule has 0 heterocycles. The smallest absolute Gasteiger partial charge is 0.260 e. The molecule has 5 heteroatoms. The third-order valence-electron chi connectivity index (χ3n) is 3.36. The van der Waals surface area contributed by atoms with E-state index in [2.05, 4.69) is 0 Å². The second kappa shape index (κ2) is 7.54. The molecule has 2 aromatic rings. The predicted octanol–water partition coefficient (Wildman–Crippen LogP) is 3.07. The van der Waals surface area contributed by atoms with Crippen LogP contribution in [0.25, 0.3) is 0 Å². The van der Waals surface area contributed by atoms with Gasteiger partial charge in [0.05, 0.1) is 0 Å². The summed E-state index contributed by atoms with van der Waals surface area (Å²) in [6.07, 6.45) is 0.